The van der Waals surface area contributed by atoms with Gasteiger partial charge in [0.25, 0.3) is 5.60 Å². The fraction of sp³-hybridized carbons (Fsp3) is 0.857. The zero-order chi connectivity index (χ0) is 13.3. The number of epoxide rings is 1. The number of aliphatic carboxylic acids is 1. The van der Waals surface area contributed by atoms with Crippen LogP contribution in [0.2, 0.25) is 0 Å². The summed E-state index contributed by atoms with van der Waals surface area (Å²) in [5.74, 6) is -1.04. The van der Waals surface area contributed by atoms with Gasteiger partial charge in [-0.3, -0.25) is 4.79 Å². The number of hydrogen-bond acceptors (Lipinski definition) is 3. The summed E-state index contributed by atoms with van der Waals surface area (Å²) in [6, 6.07) is 0. The van der Waals surface area contributed by atoms with Crippen molar-refractivity contribution < 1.29 is 19.4 Å². The maximum absolute atomic E-state index is 12.7. The molecular formula is C14H20O4. The maximum atomic E-state index is 12.7. The minimum atomic E-state index is -1.50. The maximum Gasteiger partial charge on any atom is 0.346 e. The van der Waals surface area contributed by atoms with Crippen molar-refractivity contribution in [3.05, 3.63) is 0 Å². The Morgan fingerprint density at radius 2 is 2.00 bits per heavy atom. The number of carbonyl (C=O) groups is 2. The topological polar surface area (TPSA) is 66.9 Å². The molecule has 4 atom stereocenters. The molecule has 2 aliphatic carbocycles. The molecule has 1 heterocycles. The van der Waals surface area contributed by atoms with Gasteiger partial charge in [0.1, 0.15) is 6.10 Å². The summed E-state index contributed by atoms with van der Waals surface area (Å²) in [6.07, 6.45) is 3.21. The molecule has 4 nitrogen and oxygen atoms in total. The number of rotatable bonds is 1. The van der Waals surface area contributed by atoms with Crippen LogP contribution in [-0.4, -0.2) is 28.6 Å². The summed E-state index contributed by atoms with van der Waals surface area (Å²) in [5.41, 5.74) is -1.93. The molecule has 0 spiro atoms. The number of carboxylic acids is 1. The highest BCUT2D eigenvalue weighted by molar-refractivity contribution is 6.13. The van der Waals surface area contributed by atoms with Crippen LogP contribution in [0.15, 0.2) is 0 Å². The second-order valence-corrected chi connectivity index (χ2v) is 7.02. The van der Waals surface area contributed by atoms with E-state index in [4.69, 9.17) is 4.74 Å². The molecule has 3 rings (SSSR count). The van der Waals surface area contributed by atoms with Gasteiger partial charge in [0.15, 0.2) is 5.78 Å². The van der Waals surface area contributed by atoms with Gasteiger partial charge in [-0.15, -0.1) is 0 Å². The largest absolute Gasteiger partial charge is 0.479 e. The summed E-state index contributed by atoms with van der Waals surface area (Å²) in [7, 11) is 0. The fourth-order valence-corrected chi connectivity index (χ4v) is 4.50. The molecule has 1 saturated heterocycles. The van der Waals surface area contributed by atoms with E-state index in [-0.39, 0.29) is 17.1 Å². The highest BCUT2D eigenvalue weighted by atomic mass is 16.6. The lowest BCUT2D eigenvalue weighted by atomic mass is 9.50. The van der Waals surface area contributed by atoms with E-state index in [1.54, 1.807) is 0 Å². The average Bonchev–Trinajstić information content (AvgIpc) is 2.98. The number of fused-ring (bicyclic) bond motifs is 2. The van der Waals surface area contributed by atoms with Crippen molar-refractivity contribution in [2.45, 2.75) is 58.2 Å². The summed E-state index contributed by atoms with van der Waals surface area (Å²) in [4.78, 5) is 24.0. The Hall–Kier alpha value is -0.900. The average molecular weight is 252 g/mol. The van der Waals surface area contributed by atoms with Gasteiger partial charge in [0.05, 0.1) is 0 Å². The molecule has 2 saturated carbocycles. The van der Waals surface area contributed by atoms with Gasteiger partial charge < -0.3 is 9.84 Å². The monoisotopic (exact) mass is 252 g/mol. The molecular weight excluding hydrogens is 232 g/mol. The van der Waals surface area contributed by atoms with Crippen molar-refractivity contribution in [1.82, 2.24) is 0 Å². The number of ketones is 1. The number of carbonyl (C=O) groups excluding carboxylic acids is 1. The predicted molar refractivity (Wildman–Crippen MR) is 64.1 cm³/mol. The number of Topliss-reactive ketones (excluding diaryl/α,β-unsaturated/α-hetero) is 1. The van der Waals surface area contributed by atoms with Crippen LogP contribution in [0.5, 0.6) is 0 Å². The standard InChI is InChI=1S/C14H20O4/c1-12(2)5-4-6-13(3)8(12)7-9-14(18-9,10(13)15)11(16)17/h8-9H,4-7H2,1-3H3,(H,16,17). The predicted octanol–water partition coefficient (Wildman–Crippen LogP) is 2.01. The number of carboxylic acid groups (broad SMARTS) is 1. The zero-order valence-electron chi connectivity index (χ0n) is 11.2. The Bertz CT molecular complexity index is 441. The van der Waals surface area contributed by atoms with Crippen molar-refractivity contribution in [2.24, 2.45) is 16.7 Å². The van der Waals surface area contributed by atoms with E-state index in [1.165, 1.54) is 0 Å². The van der Waals surface area contributed by atoms with Crippen LogP contribution in [0.1, 0.15) is 46.5 Å². The molecule has 100 valence electrons. The first-order valence-corrected chi connectivity index (χ1v) is 6.71. The van der Waals surface area contributed by atoms with E-state index in [1.807, 2.05) is 6.92 Å². The minimum Gasteiger partial charge on any atom is -0.479 e. The van der Waals surface area contributed by atoms with Crippen LogP contribution in [0.3, 0.4) is 0 Å². The van der Waals surface area contributed by atoms with E-state index in [2.05, 4.69) is 13.8 Å². The lowest BCUT2D eigenvalue weighted by molar-refractivity contribution is -0.158. The second kappa shape index (κ2) is 3.16. The van der Waals surface area contributed by atoms with Crippen LogP contribution >= 0.6 is 0 Å². The van der Waals surface area contributed by atoms with Gasteiger partial charge in [0, 0.05) is 5.41 Å². The van der Waals surface area contributed by atoms with Crippen LogP contribution < -0.4 is 0 Å². The van der Waals surface area contributed by atoms with Crippen molar-refractivity contribution in [2.75, 3.05) is 0 Å². The van der Waals surface area contributed by atoms with E-state index in [9.17, 15) is 14.7 Å². The SMILES string of the molecule is CC1(C)CCCC2(C)C(=O)C3(C(=O)O)OC3CC12. The smallest absolute Gasteiger partial charge is 0.346 e. The summed E-state index contributed by atoms with van der Waals surface area (Å²) >= 11 is 0. The molecule has 3 fully saturated rings. The van der Waals surface area contributed by atoms with Crippen LogP contribution in [-0.2, 0) is 14.3 Å². The molecule has 1 aliphatic heterocycles. The lowest BCUT2D eigenvalue weighted by Gasteiger charge is -2.52. The second-order valence-electron chi connectivity index (χ2n) is 7.02. The number of ether oxygens (including phenoxy) is 1. The summed E-state index contributed by atoms with van der Waals surface area (Å²) < 4.78 is 5.34. The summed E-state index contributed by atoms with van der Waals surface area (Å²) in [5, 5.41) is 9.30. The quantitative estimate of drug-likeness (QED) is 0.572. The molecule has 0 aromatic heterocycles. The Kier molecular flexibility index (Phi) is 2.13. The van der Waals surface area contributed by atoms with Crippen molar-refractivity contribution in [3.8, 4) is 0 Å². The van der Waals surface area contributed by atoms with Gasteiger partial charge in [-0.25, -0.2) is 4.79 Å². The van der Waals surface area contributed by atoms with Gasteiger partial charge in [-0.1, -0.05) is 27.2 Å². The zero-order valence-corrected chi connectivity index (χ0v) is 11.2. The summed E-state index contributed by atoms with van der Waals surface area (Å²) in [6.45, 7) is 6.33. The Morgan fingerprint density at radius 3 is 2.61 bits per heavy atom. The molecule has 4 unspecified atom stereocenters. The minimum absolute atomic E-state index is 0.0965. The molecule has 4 heteroatoms. The van der Waals surface area contributed by atoms with Gasteiger partial charge >= 0.3 is 5.97 Å². The molecule has 0 bridgehead atoms. The van der Waals surface area contributed by atoms with Crippen molar-refractivity contribution in [3.63, 3.8) is 0 Å². The van der Waals surface area contributed by atoms with Gasteiger partial charge in [-0.2, -0.15) is 0 Å². The molecule has 0 aromatic carbocycles. The molecule has 0 aromatic rings. The van der Waals surface area contributed by atoms with Crippen molar-refractivity contribution >= 4 is 11.8 Å². The van der Waals surface area contributed by atoms with E-state index >= 15 is 0 Å². The molecule has 18 heavy (non-hydrogen) atoms. The Labute approximate surface area is 107 Å². The van der Waals surface area contributed by atoms with Gasteiger partial charge in [-0.05, 0) is 30.6 Å². The van der Waals surface area contributed by atoms with Crippen LogP contribution in [0.4, 0.5) is 0 Å². The first-order chi connectivity index (χ1) is 8.25. The Morgan fingerprint density at radius 1 is 1.33 bits per heavy atom. The first-order valence-electron chi connectivity index (χ1n) is 6.71. The molecule has 0 radical (unpaired) electrons. The van der Waals surface area contributed by atoms with Crippen LogP contribution in [0.25, 0.3) is 0 Å². The molecule has 0 amide bonds. The van der Waals surface area contributed by atoms with E-state index < -0.39 is 23.1 Å². The van der Waals surface area contributed by atoms with Crippen molar-refractivity contribution in [1.29, 1.82) is 0 Å². The molecule has 1 N–H and O–H groups in total. The third-order valence-electron chi connectivity index (χ3n) is 5.58. The highest BCUT2D eigenvalue weighted by Crippen LogP contribution is 2.63. The van der Waals surface area contributed by atoms with Gasteiger partial charge in [0.2, 0.25) is 0 Å². The fourth-order valence-electron chi connectivity index (χ4n) is 4.50. The van der Waals surface area contributed by atoms with E-state index in [0.29, 0.717) is 6.42 Å². The Balaban J connectivity index is 2.03. The molecule has 3 aliphatic rings. The third-order valence-corrected chi connectivity index (χ3v) is 5.58. The normalized spacial score (nSPS) is 49.2. The first kappa shape index (κ1) is 12.2. The number of hydrogen-bond donors (Lipinski definition) is 1. The lowest BCUT2D eigenvalue weighted by Crippen LogP contribution is -2.58. The van der Waals surface area contributed by atoms with E-state index in [0.717, 1.165) is 19.3 Å². The highest BCUT2D eigenvalue weighted by Gasteiger charge is 2.77. The van der Waals surface area contributed by atoms with Crippen LogP contribution in [0, 0.1) is 16.7 Å². The third kappa shape index (κ3) is 1.20.